The van der Waals surface area contributed by atoms with E-state index in [-0.39, 0.29) is 16.6 Å². The van der Waals surface area contributed by atoms with Gasteiger partial charge in [-0.1, -0.05) is 19.3 Å². The molecule has 1 aromatic heterocycles. The van der Waals surface area contributed by atoms with Crippen molar-refractivity contribution >= 4 is 9.84 Å². The maximum atomic E-state index is 12.0. The molecule has 122 valence electrons. The van der Waals surface area contributed by atoms with E-state index in [0.29, 0.717) is 12.0 Å². The van der Waals surface area contributed by atoms with Gasteiger partial charge in [-0.2, -0.15) is 0 Å². The Labute approximate surface area is 131 Å². The van der Waals surface area contributed by atoms with Gasteiger partial charge in [0, 0.05) is 18.5 Å². The Morgan fingerprint density at radius 3 is 2.68 bits per heavy atom. The molecule has 22 heavy (non-hydrogen) atoms. The van der Waals surface area contributed by atoms with Crippen LogP contribution in [0.4, 0.5) is 0 Å². The lowest BCUT2D eigenvalue weighted by Crippen LogP contribution is -2.28. The van der Waals surface area contributed by atoms with Crippen molar-refractivity contribution < 1.29 is 13.2 Å². The molecule has 1 atom stereocenters. The van der Waals surface area contributed by atoms with Crippen molar-refractivity contribution in [3.63, 3.8) is 0 Å². The van der Waals surface area contributed by atoms with Crippen LogP contribution in [0.3, 0.4) is 0 Å². The summed E-state index contributed by atoms with van der Waals surface area (Å²) in [7, 11) is -3.30. The zero-order chi connectivity index (χ0) is 15.8. The minimum Gasteiger partial charge on any atom is -0.376 e. The molecule has 6 heteroatoms. The zero-order valence-corrected chi connectivity index (χ0v) is 13.8. The first kappa shape index (κ1) is 15.7. The highest BCUT2D eigenvalue weighted by atomic mass is 32.2. The van der Waals surface area contributed by atoms with Crippen LogP contribution >= 0.6 is 0 Å². The third-order valence-corrected chi connectivity index (χ3v) is 6.08. The first-order chi connectivity index (χ1) is 10.4. The molecule has 0 bridgehead atoms. The zero-order valence-electron chi connectivity index (χ0n) is 13.0. The highest BCUT2D eigenvalue weighted by Crippen LogP contribution is 2.45. The van der Waals surface area contributed by atoms with E-state index in [9.17, 15) is 13.2 Å². The number of hydrogen-bond acceptors (Lipinski definition) is 4. The molecular weight excluding hydrogens is 302 g/mol. The summed E-state index contributed by atoms with van der Waals surface area (Å²) in [5.41, 5.74) is 0.113. The van der Waals surface area contributed by atoms with Gasteiger partial charge in [-0.15, -0.1) is 0 Å². The van der Waals surface area contributed by atoms with Crippen molar-refractivity contribution in [3.8, 4) is 0 Å². The predicted molar refractivity (Wildman–Crippen MR) is 83.7 cm³/mol. The molecule has 1 aliphatic heterocycles. The van der Waals surface area contributed by atoms with Crippen LogP contribution < -0.4 is 5.56 Å². The molecule has 1 aromatic rings. The molecule has 2 aliphatic rings. The van der Waals surface area contributed by atoms with E-state index >= 15 is 0 Å². The van der Waals surface area contributed by atoms with Crippen LogP contribution in [0.15, 0.2) is 28.0 Å². The molecule has 1 saturated heterocycles. The third-order valence-electron chi connectivity index (χ3n) is 4.98. The number of hydrogen-bond donors (Lipinski definition) is 0. The van der Waals surface area contributed by atoms with Gasteiger partial charge in [0.25, 0.3) is 5.56 Å². The normalized spacial score (nSPS) is 24.7. The fourth-order valence-corrected chi connectivity index (χ4v) is 4.39. The summed E-state index contributed by atoms with van der Waals surface area (Å²) in [5.74, 6) is 0. The monoisotopic (exact) mass is 325 g/mol. The molecular formula is C16H23NO4S. The first-order valence-electron chi connectivity index (χ1n) is 7.90. The minimum absolute atomic E-state index is 0.00519. The predicted octanol–water partition coefficient (Wildman–Crippen LogP) is 1.99. The van der Waals surface area contributed by atoms with Gasteiger partial charge in [0.1, 0.15) is 0 Å². The standard InChI is InChI=1S/C16H23NO4S/c1-22(19,20)14-5-6-15(18)17(11-14)10-13-9-16(12-21-13)7-3-2-4-8-16/h5-6,11,13H,2-4,7-10,12H2,1H3. The summed E-state index contributed by atoms with van der Waals surface area (Å²) in [6.07, 6.45) is 9.83. The third kappa shape index (κ3) is 3.27. The second-order valence-electron chi connectivity index (χ2n) is 6.83. The van der Waals surface area contributed by atoms with Gasteiger partial charge in [0.2, 0.25) is 0 Å². The molecule has 5 nitrogen and oxygen atoms in total. The maximum Gasteiger partial charge on any atom is 0.250 e. The second-order valence-corrected chi connectivity index (χ2v) is 8.84. The Morgan fingerprint density at radius 2 is 2.00 bits per heavy atom. The molecule has 0 amide bonds. The topological polar surface area (TPSA) is 65.4 Å². The van der Waals surface area contributed by atoms with E-state index in [1.807, 2.05) is 0 Å². The molecule has 2 heterocycles. The van der Waals surface area contributed by atoms with E-state index in [0.717, 1.165) is 19.3 Å². The second kappa shape index (κ2) is 5.81. The summed E-state index contributed by atoms with van der Waals surface area (Å²) >= 11 is 0. The van der Waals surface area contributed by atoms with Gasteiger partial charge >= 0.3 is 0 Å². The van der Waals surface area contributed by atoms with Crippen LogP contribution in [-0.2, 0) is 21.1 Å². The minimum atomic E-state index is -3.30. The Kier molecular flexibility index (Phi) is 4.16. The Hall–Kier alpha value is -1.14. The quantitative estimate of drug-likeness (QED) is 0.852. The molecule has 0 radical (unpaired) electrons. The summed E-state index contributed by atoms with van der Waals surface area (Å²) in [5, 5.41) is 0. The molecule has 1 unspecified atom stereocenters. The molecule has 1 spiro atoms. The van der Waals surface area contributed by atoms with Crippen LogP contribution in [0.2, 0.25) is 0 Å². The van der Waals surface area contributed by atoms with E-state index in [1.54, 1.807) is 0 Å². The molecule has 1 saturated carbocycles. The van der Waals surface area contributed by atoms with Crippen LogP contribution in [0.1, 0.15) is 38.5 Å². The number of rotatable bonds is 3. The molecule has 0 aromatic carbocycles. The van der Waals surface area contributed by atoms with E-state index in [4.69, 9.17) is 4.74 Å². The van der Waals surface area contributed by atoms with E-state index in [1.165, 1.54) is 55.0 Å². The van der Waals surface area contributed by atoms with Gasteiger partial charge < -0.3 is 9.30 Å². The Bertz CT molecular complexity index is 701. The van der Waals surface area contributed by atoms with Crippen molar-refractivity contribution in [2.24, 2.45) is 5.41 Å². The molecule has 3 rings (SSSR count). The highest BCUT2D eigenvalue weighted by molar-refractivity contribution is 7.90. The highest BCUT2D eigenvalue weighted by Gasteiger charge is 2.40. The lowest BCUT2D eigenvalue weighted by atomic mass is 9.73. The number of aromatic nitrogens is 1. The van der Waals surface area contributed by atoms with Gasteiger partial charge in [0.15, 0.2) is 9.84 Å². The van der Waals surface area contributed by atoms with E-state index in [2.05, 4.69) is 0 Å². The van der Waals surface area contributed by atoms with E-state index < -0.39 is 9.84 Å². The van der Waals surface area contributed by atoms with Crippen molar-refractivity contribution in [1.29, 1.82) is 0 Å². The average Bonchev–Trinajstić information content (AvgIpc) is 2.83. The van der Waals surface area contributed by atoms with Crippen molar-refractivity contribution in [3.05, 3.63) is 28.7 Å². The summed E-state index contributed by atoms with van der Waals surface area (Å²) in [6, 6.07) is 2.69. The lowest BCUT2D eigenvalue weighted by Gasteiger charge is -2.31. The number of ether oxygens (including phenoxy) is 1. The number of nitrogens with zero attached hydrogens (tertiary/aromatic N) is 1. The number of sulfone groups is 1. The fraction of sp³-hybridized carbons (Fsp3) is 0.688. The Morgan fingerprint density at radius 1 is 1.27 bits per heavy atom. The maximum absolute atomic E-state index is 12.0. The van der Waals surface area contributed by atoms with Gasteiger partial charge in [0.05, 0.1) is 24.2 Å². The largest absolute Gasteiger partial charge is 0.376 e. The lowest BCUT2D eigenvalue weighted by molar-refractivity contribution is 0.0752. The average molecular weight is 325 g/mol. The van der Waals surface area contributed by atoms with Gasteiger partial charge in [-0.05, 0) is 30.7 Å². The van der Waals surface area contributed by atoms with Crippen molar-refractivity contribution in [2.45, 2.75) is 56.1 Å². The fourth-order valence-electron chi connectivity index (χ4n) is 3.75. The van der Waals surface area contributed by atoms with Crippen LogP contribution in [0, 0.1) is 5.41 Å². The van der Waals surface area contributed by atoms with Gasteiger partial charge in [-0.3, -0.25) is 4.79 Å². The SMILES string of the molecule is CS(=O)(=O)c1ccc(=O)n(CC2CC3(CCCCC3)CO2)c1. The smallest absolute Gasteiger partial charge is 0.250 e. The van der Waals surface area contributed by atoms with Crippen LogP contribution in [0.5, 0.6) is 0 Å². The molecule has 2 fully saturated rings. The van der Waals surface area contributed by atoms with Crippen LogP contribution in [0.25, 0.3) is 0 Å². The van der Waals surface area contributed by atoms with Crippen molar-refractivity contribution in [1.82, 2.24) is 4.57 Å². The summed E-state index contributed by atoms with van der Waals surface area (Å²) in [4.78, 5) is 12.1. The van der Waals surface area contributed by atoms with Gasteiger partial charge in [-0.25, -0.2) is 8.42 Å². The molecule has 0 N–H and O–H groups in total. The van der Waals surface area contributed by atoms with Crippen molar-refractivity contribution in [2.75, 3.05) is 12.9 Å². The summed E-state index contributed by atoms with van der Waals surface area (Å²) in [6.45, 7) is 1.21. The number of pyridine rings is 1. The Balaban J connectivity index is 1.75. The molecule has 1 aliphatic carbocycles. The van der Waals surface area contributed by atoms with Crippen LogP contribution in [-0.4, -0.2) is 32.0 Å². The first-order valence-corrected chi connectivity index (χ1v) is 9.79. The summed E-state index contributed by atoms with van der Waals surface area (Å²) < 4.78 is 30.7.